The normalized spacial score (nSPS) is 28.8. The van der Waals surface area contributed by atoms with Crippen molar-refractivity contribution in [1.29, 1.82) is 0 Å². The smallest absolute Gasteiger partial charge is 0.245 e. The highest BCUT2D eigenvalue weighted by atomic mass is 16.2. The van der Waals surface area contributed by atoms with Gasteiger partial charge in [0.25, 0.3) is 0 Å². The fraction of sp³-hybridized carbons (Fsp3) is 0.846. The van der Waals surface area contributed by atoms with Crippen LogP contribution in [0.1, 0.15) is 33.1 Å². The van der Waals surface area contributed by atoms with E-state index in [4.69, 9.17) is 5.73 Å². The molecule has 2 aliphatic heterocycles. The van der Waals surface area contributed by atoms with Crippen molar-refractivity contribution < 1.29 is 9.59 Å². The molecule has 0 aromatic carbocycles. The average molecular weight is 253 g/mol. The second-order valence-corrected chi connectivity index (χ2v) is 5.96. The van der Waals surface area contributed by atoms with Crippen molar-refractivity contribution in [3.8, 4) is 0 Å². The van der Waals surface area contributed by atoms with Crippen LogP contribution in [0.25, 0.3) is 0 Å². The molecule has 2 rings (SSSR count). The van der Waals surface area contributed by atoms with Gasteiger partial charge in [0.15, 0.2) is 0 Å². The molecule has 0 aliphatic carbocycles. The number of primary amides is 1. The van der Waals surface area contributed by atoms with Gasteiger partial charge in [0.1, 0.15) is 5.54 Å². The van der Waals surface area contributed by atoms with Gasteiger partial charge in [-0.1, -0.05) is 13.8 Å². The van der Waals surface area contributed by atoms with Crippen LogP contribution in [0.3, 0.4) is 0 Å². The lowest BCUT2D eigenvalue weighted by Crippen LogP contribution is -2.76. The summed E-state index contributed by atoms with van der Waals surface area (Å²) in [6.45, 7) is 7.03. The number of rotatable bonds is 4. The molecule has 1 unspecified atom stereocenters. The largest absolute Gasteiger partial charge is 0.368 e. The van der Waals surface area contributed by atoms with E-state index in [9.17, 15) is 9.59 Å². The van der Waals surface area contributed by atoms with Crippen molar-refractivity contribution in [2.75, 3.05) is 26.2 Å². The number of nitrogens with zero attached hydrogens (tertiary/aromatic N) is 2. The van der Waals surface area contributed by atoms with Gasteiger partial charge in [0.05, 0.1) is 6.54 Å². The molecule has 0 aromatic heterocycles. The van der Waals surface area contributed by atoms with E-state index in [1.807, 2.05) is 0 Å². The predicted molar refractivity (Wildman–Crippen MR) is 68.8 cm³/mol. The van der Waals surface area contributed by atoms with Crippen molar-refractivity contribution >= 4 is 11.8 Å². The third-order valence-corrected chi connectivity index (χ3v) is 3.94. The first-order chi connectivity index (χ1) is 8.45. The molecule has 2 fully saturated rings. The molecule has 5 heteroatoms. The molecule has 0 saturated carbocycles. The van der Waals surface area contributed by atoms with E-state index >= 15 is 0 Å². The lowest BCUT2D eigenvalue weighted by atomic mass is 9.78. The molecule has 1 spiro atoms. The van der Waals surface area contributed by atoms with Crippen molar-refractivity contribution in [3.05, 3.63) is 0 Å². The first-order valence-electron chi connectivity index (χ1n) is 6.78. The number of hydrogen-bond acceptors (Lipinski definition) is 3. The lowest BCUT2D eigenvalue weighted by molar-refractivity contribution is -0.170. The number of β-lactam (4-membered cyclic amide) rings is 1. The van der Waals surface area contributed by atoms with Crippen LogP contribution in [-0.4, -0.2) is 53.3 Å². The zero-order valence-electron chi connectivity index (χ0n) is 11.3. The van der Waals surface area contributed by atoms with E-state index in [1.165, 1.54) is 0 Å². The molecule has 0 bridgehead atoms. The Hall–Kier alpha value is -1.10. The molecule has 102 valence electrons. The average Bonchev–Trinajstić information content (AvgIpc) is 2.29. The van der Waals surface area contributed by atoms with Gasteiger partial charge in [-0.05, 0) is 31.7 Å². The first-order valence-corrected chi connectivity index (χ1v) is 6.78. The van der Waals surface area contributed by atoms with E-state index in [1.54, 1.807) is 4.90 Å². The van der Waals surface area contributed by atoms with E-state index < -0.39 is 5.91 Å². The molecule has 5 nitrogen and oxygen atoms in total. The summed E-state index contributed by atoms with van der Waals surface area (Å²) in [5.41, 5.74) is 4.83. The second kappa shape index (κ2) is 4.88. The molecular formula is C13H23N3O2. The van der Waals surface area contributed by atoms with Crippen LogP contribution in [0.5, 0.6) is 0 Å². The number of nitrogens with two attached hydrogens (primary N) is 1. The van der Waals surface area contributed by atoms with E-state index in [0.717, 1.165) is 32.4 Å². The van der Waals surface area contributed by atoms with Crippen LogP contribution in [0.2, 0.25) is 0 Å². The number of hydrogen-bond donors (Lipinski definition) is 1. The maximum absolute atomic E-state index is 12.3. The summed E-state index contributed by atoms with van der Waals surface area (Å²) in [7, 11) is 0. The van der Waals surface area contributed by atoms with E-state index in [-0.39, 0.29) is 18.0 Å². The zero-order chi connectivity index (χ0) is 13.3. The Morgan fingerprint density at radius 3 is 2.72 bits per heavy atom. The first kappa shape index (κ1) is 13.3. The van der Waals surface area contributed by atoms with Crippen molar-refractivity contribution in [2.45, 2.75) is 38.6 Å². The molecule has 0 radical (unpaired) electrons. The van der Waals surface area contributed by atoms with Crippen molar-refractivity contribution in [3.63, 3.8) is 0 Å². The molecular weight excluding hydrogens is 230 g/mol. The summed E-state index contributed by atoms with van der Waals surface area (Å²) >= 11 is 0. The Morgan fingerprint density at radius 2 is 2.17 bits per heavy atom. The zero-order valence-corrected chi connectivity index (χ0v) is 11.3. The van der Waals surface area contributed by atoms with Crippen molar-refractivity contribution in [2.24, 2.45) is 11.7 Å². The van der Waals surface area contributed by atoms with Gasteiger partial charge in [-0.25, -0.2) is 0 Å². The van der Waals surface area contributed by atoms with Gasteiger partial charge >= 0.3 is 0 Å². The SMILES string of the molecule is CC(C)CN1CCCCC12CN(CC(N)=O)C2=O. The molecule has 0 aromatic rings. The van der Waals surface area contributed by atoms with E-state index in [0.29, 0.717) is 12.5 Å². The Bertz CT molecular complexity index is 356. The Labute approximate surface area is 108 Å². The number of amides is 2. The van der Waals surface area contributed by atoms with Crippen LogP contribution in [0.15, 0.2) is 0 Å². The Morgan fingerprint density at radius 1 is 1.44 bits per heavy atom. The number of piperidine rings is 1. The molecule has 18 heavy (non-hydrogen) atoms. The fourth-order valence-corrected chi connectivity index (χ4v) is 3.19. The van der Waals surface area contributed by atoms with Crippen molar-refractivity contribution in [1.82, 2.24) is 9.80 Å². The molecule has 2 heterocycles. The summed E-state index contributed by atoms with van der Waals surface area (Å²) in [6, 6.07) is 0. The second-order valence-electron chi connectivity index (χ2n) is 5.96. The van der Waals surface area contributed by atoms with Gasteiger partial charge in [-0.15, -0.1) is 0 Å². The monoisotopic (exact) mass is 253 g/mol. The summed E-state index contributed by atoms with van der Waals surface area (Å²) in [5, 5.41) is 0. The fourth-order valence-electron chi connectivity index (χ4n) is 3.19. The minimum absolute atomic E-state index is 0.0656. The summed E-state index contributed by atoms with van der Waals surface area (Å²) in [6.07, 6.45) is 3.19. The Balaban J connectivity index is 2.05. The predicted octanol–water partition coefficient (Wildman–Crippen LogP) is 0.195. The maximum atomic E-state index is 12.3. The standard InChI is InChI=1S/C13H23N3O2/c1-10(2)7-16-6-4-3-5-13(16)9-15(12(13)18)8-11(14)17/h10H,3-9H2,1-2H3,(H2,14,17). The summed E-state index contributed by atoms with van der Waals surface area (Å²) < 4.78 is 0. The van der Waals surface area contributed by atoms with Gasteiger partial charge in [-0.2, -0.15) is 0 Å². The van der Waals surface area contributed by atoms with Gasteiger partial charge in [0.2, 0.25) is 11.8 Å². The molecule has 2 amide bonds. The minimum atomic E-state index is -0.426. The van der Waals surface area contributed by atoms with Crippen LogP contribution >= 0.6 is 0 Å². The summed E-state index contributed by atoms with van der Waals surface area (Å²) in [5.74, 6) is 0.226. The lowest BCUT2D eigenvalue weighted by Gasteiger charge is -2.56. The molecule has 1 atom stereocenters. The Kier molecular flexibility index (Phi) is 3.61. The van der Waals surface area contributed by atoms with Gasteiger partial charge < -0.3 is 10.6 Å². The maximum Gasteiger partial charge on any atom is 0.245 e. The molecule has 2 saturated heterocycles. The van der Waals surface area contributed by atoms with E-state index in [2.05, 4.69) is 18.7 Å². The third-order valence-electron chi connectivity index (χ3n) is 3.94. The van der Waals surface area contributed by atoms with Gasteiger partial charge in [-0.3, -0.25) is 14.5 Å². The highest BCUT2D eigenvalue weighted by Crippen LogP contribution is 2.37. The summed E-state index contributed by atoms with van der Waals surface area (Å²) in [4.78, 5) is 27.1. The molecule has 2 aliphatic rings. The number of likely N-dealkylation sites (tertiary alicyclic amines) is 2. The van der Waals surface area contributed by atoms with Crippen LogP contribution < -0.4 is 5.73 Å². The minimum Gasteiger partial charge on any atom is -0.368 e. The van der Waals surface area contributed by atoms with Crippen LogP contribution in [-0.2, 0) is 9.59 Å². The van der Waals surface area contributed by atoms with Gasteiger partial charge in [0, 0.05) is 13.1 Å². The van der Waals surface area contributed by atoms with Crippen LogP contribution in [0, 0.1) is 5.92 Å². The highest BCUT2D eigenvalue weighted by Gasteiger charge is 2.56. The van der Waals surface area contributed by atoms with Crippen LogP contribution in [0.4, 0.5) is 0 Å². The number of carbonyl (C=O) groups excluding carboxylic acids is 2. The molecule has 2 N–H and O–H groups in total. The topological polar surface area (TPSA) is 66.6 Å². The number of carbonyl (C=O) groups is 2. The third kappa shape index (κ3) is 2.23. The highest BCUT2D eigenvalue weighted by molar-refractivity contribution is 5.95. The quantitative estimate of drug-likeness (QED) is 0.728.